The number of aromatic nitrogens is 3. The highest BCUT2D eigenvalue weighted by Crippen LogP contribution is 2.35. The molecule has 1 aliphatic carbocycles. The molecule has 1 N–H and O–H groups in total. The Kier molecular flexibility index (Phi) is 8.08. The van der Waals surface area contributed by atoms with Gasteiger partial charge in [-0.15, -0.1) is 5.10 Å². The fraction of sp³-hybridized carbons (Fsp3) is 0.636. The van der Waals surface area contributed by atoms with Crippen LogP contribution in [-0.4, -0.2) is 81.4 Å². The Morgan fingerprint density at radius 3 is 2.29 bits per heavy atom. The van der Waals surface area contributed by atoms with E-state index in [9.17, 15) is 24.3 Å². The Bertz CT molecular complexity index is 1050. The Balaban J connectivity index is 2.06. The predicted octanol–water partition coefficient (Wildman–Crippen LogP) is 0.0452. The molecule has 13 nitrogen and oxygen atoms in total. The molecule has 0 amide bonds. The van der Waals surface area contributed by atoms with Crippen LogP contribution in [0.2, 0.25) is 0 Å². The lowest BCUT2D eigenvalue weighted by molar-refractivity contribution is -0.166. The first-order valence-corrected chi connectivity index (χ1v) is 11.0. The van der Waals surface area contributed by atoms with Crippen molar-refractivity contribution < 1.29 is 48.0 Å². The van der Waals surface area contributed by atoms with E-state index in [-0.39, 0.29) is 18.3 Å². The summed E-state index contributed by atoms with van der Waals surface area (Å²) in [6, 6.07) is 0. The average molecular weight is 493 g/mol. The number of methoxy groups -OCH3 is 1. The molecular formula is C22H27N3O10. The molecule has 0 aromatic carbocycles. The second kappa shape index (κ2) is 10.8. The van der Waals surface area contributed by atoms with Crippen LogP contribution < -0.4 is 0 Å². The zero-order chi connectivity index (χ0) is 25.8. The summed E-state index contributed by atoms with van der Waals surface area (Å²) in [4.78, 5) is 51.2. The second-order valence-corrected chi connectivity index (χ2v) is 8.20. The van der Waals surface area contributed by atoms with Gasteiger partial charge in [-0.2, -0.15) is 4.98 Å². The first kappa shape index (κ1) is 26.1. The summed E-state index contributed by atoms with van der Waals surface area (Å²) >= 11 is 0. The standard InChI is InChI=1S/C22H27N3O10/c1-12(26)32-11-15-17(33-13(2)27)18(34-14(3)28)20(35-15)25-16(23-19(24-25)21(29)31-4)7-10-22(30)8-5-6-9-22/h15,17-18,20,30H,5-6,8-9,11H2,1-4H3/t15-,17-,18-,20?/m1/s1. The van der Waals surface area contributed by atoms with Gasteiger partial charge in [0.1, 0.15) is 18.3 Å². The van der Waals surface area contributed by atoms with Gasteiger partial charge in [-0.05, 0) is 31.6 Å². The van der Waals surface area contributed by atoms with Crippen LogP contribution in [0.5, 0.6) is 0 Å². The molecule has 1 saturated heterocycles. The summed E-state index contributed by atoms with van der Waals surface area (Å²) in [6.45, 7) is 3.18. The minimum atomic E-state index is -1.27. The third kappa shape index (κ3) is 6.34. The molecule has 1 saturated carbocycles. The molecule has 2 aliphatic rings. The van der Waals surface area contributed by atoms with Gasteiger partial charge in [0.25, 0.3) is 5.82 Å². The highest BCUT2D eigenvalue weighted by molar-refractivity contribution is 5.85. The van der Waals surface area contributed by atoms with Crippen LogP contribution in [-0.2, 0) is 38.1 Å². The first-order chi connectivity index (χ1) is 16.5. The van der Waals surface area contributed by atoms with Crippen LogP contribution in [0.1, 0.15) is 69.1 Å². The van der Waals surface area contributed by atoms with Crippen molar-refractivity contribution in [3.8, 4) is 11.8 Å². The molecule has 190 valence electrons. The molecule has 2 fully saturated rings. The van der Waals surface area contributed by atoms with Crippen molar-refractivity contribution in [3.63, 3.8) is 0 Å². The number of nitrogens with zero attached hydrogens (tertiary/aromatic N) is 3. The topological polar surface area (TPSA) is 165 Å². The van der Waals surface area contributed by atoms with E-state index in [4.69, 9.17) is 18.9 Å². The van der Waals surface area contributed by atoms with Crippen molar-refractivity contribution in [2.75, 3.05) is 13.7 Å². The largest absolute Gasteiger partial charge is 0.463 e. The van der Waals surface area contributed by atoms with Gasteiger partial charge in [0.05, 0.1) is 7.11 Å². The maximum Gasteiger partial charge on any atom is 0.378 e. The molecule has 0 spiro atoms. The van der Waals surface area contributed by atoms with Crippen LogP contribution in [0.3, 0.4) is 0 Å². The van der Waals surface area contributed by atoms with Crippen LogP contribution in [0, 0.1) is 11.8 Å². The summed E-state index contributed by atoms with van der Waals surface area (Å²) in [6.07, 6.45) is -2.15. The fourth-order valence-corrected chi connectivity index (χ4v) is 3.91. The van der Waals surface area contributed by atoms with E-state index in [1.165, 1.54) is 6.92 Å². The monoisotopic (exact) mass is 493 g/mol. The quantitative estimate of drug-likeness (QED) is 0.322. The highest BCUT2D eigenvalue weighted by Gasteiger charge is 2.52. The highest BCUT2D eigenvalue weighted by atomic mass is 16.7. The van der Waals surface area contributed by atoms with E-state index in [0.29, 0.717) is 12.8 Å². The Morgan fingerprint density at radius 2 is 1.71 bits per heavy atom. The van der Waals surface area contributed by atoms with Crippen molar-refractivity contribution in [2.45, 2.75) is 76.6 Å². The van der Waals surface area contributed by atoms with Crippen LogP contribution in [0.25, 0.3) is 0 Å². The molecule has 13 heteroatoms. The van der Waals surface area contributed by atoms with Crippen LogP contribution in [0.4, 0.5) is 0 Å². The molecule has 1 aromatic heterocycles. The van der Waals surface area contributed by atoms with Crippen molar-refractivity contribution in [1.29, 1.82) is 0 Å². The second-order valence-electron chi connectivity index (χ2n) is 8.20. The van der Waals surface area contributed by atoms with Crippen molar-refractivity contribution >= 4 is 23.9 Å². The van der Waals surface area contributed by atoms with E-state index in [0.717, 1.165) is 38.5 Å². The molecule has 4 atom stereocenters. The van der Waals surface area contributed by atoms with E-state index < -0.39 is 54.0 Å². The van der Waals surface area contributed by atoms with Gasteiger partial charge in [0.15, 0.2) is 18.4 Å². The lowest BCUT2D eigenvalue weighted by Crippen LogP contribution is -2.40. The number of rotatable bonds is 6. The van der Waals surface area contributed by atoms with Crippen LogP contribution >= 0.6 is 0 Å². The van der Waals surface area contributed by atoms with Gasteiger partial charge in [-0.25, -0.2) is 9.48 Å². The summed E-state index contributed by atoms with van der Waals surface area (Å²) < 4.78 is 27.5. The minimum Gasteiger partial charge on any atom is -0.463 e. The van der Waals surface area contributed by atoms with E-state index in [1.807, 2.05) is 0 Å². The molecule has 35 heavy (non-hydrogen) atoms. The lowest BCUT2D eigenvalue weighted by Gasteiger charge is -2.23. The van der Waals surface area contributed by atoms with Crippen molar-refractivity contribution in [1.82, 2.24) is 14.8 Å². The zero-order valence-corrected chi connectivity index (χ0v) is 19.8. The predicted molar refractivity (Wildman–Crippen MR) is 113 cm³/mol. The number of carbonyl (C=O) groups is 4. The average Bonchev–Trinajstić information content (AvgIpc) is 3.48. The number of hydrogen-bond acceptors (Lipinski definition) is 12. The Hall–Kier alpha value is -3.50. The summed E-state index contributed by atoms with van der Waals surface area (Å²) in [5.41, 5.74) is -1.22. The molecule has 3 rings (SSSR count). The van der Waals surface area contributed by atoms with Crippen molar-refractivity contribution in [2.24, 2.45) is 0 Å². The molecule has 2 heterocycles. The fourth-order valence-electron chi connectivity index (χ4n) is 3.91. The SMILES string of the molecule is COC(=O)c1nc(C#CC2(O)CCCC2)n(C2O[C@H](COC(C)=O)[C@@H](OC(C)=O)[C@H]2OC(C)=O)n1. The minimum absolute atomic E-state index is 0.0809. The van der Waals surface area contributed by atoms with Gasteiger partial charge >= 0.3 is 23.9 Å². The maximum atomic E-state index is 12.1. The molecule has 1 unspecified atom stereocenters. The summed E-state index contributed by atoms with van der Waals surface area (Å²) in [5.74, 6) is 2.20. The zero-order valence-electron chi connectivity index (χ0n) is 19.8. The van der Waals surface area contributed by atoms with Gasteiger partial charge < -0.3 is 28.8 Å². The van der Waals surface area contributed by atoms with Crippen LogP contribution in [0.15, 0.2) is 0 Å². The summed E-state index contributed by atoms with van der Waals surface area (Å²) in [7, 11) is 1.15. The van der Waals surface area contributed by atoms with Crippen molar-refractivity contribution in [3.05, 3.63) is 11.6 Å². The number of ether oxygens (including phenoxy) is 5. The molecule has 0 radical (unpaired) electrons. The molecular weight excluding hydrogens is 466 g/mol. The third-order valence-electron chi connectivity index (χ3n) is 5.42. The number of hydrogen-bond donors (Lipinski definition) is 1. The van der Waals surface area contributed by atoms with E-state index >= 15 is 0 Å². The third-order valence-corrected chi connectivity index (χ3v) is 5.42. The van der Waals surface area contributed by atoms with Gasteiger partial charge in [0.2, 0.25) is 5.82 Å². The number of esters is 4. The smallest absolute Gasteiger partial charge is 0.378 e. The first-order valence-electron chi connectivity index (χ1n) is 11.0. The maximum absolute atomic E-state index is 12.1. The van der Waals surface area contributed by atoms with E-state index in [1.54, 1.807) is 0 Å². The van der Waals surface area contributed by atoms with Gasteiger partial charge in [0, 0.05) is 20.8 Å². The van der Waals surface area contributed by atoms with Gasteiger partial charge in [-0.3, -0.25) is 14.4 Å². The molecule has 1 aliphatic heterocycles. The number of aliphatic hydroxyl groups is 1. The molecule has 1 aromatic rings. The number of carbonyl (C=O) groups excluding carboxylic acids is 4. The summed E-state index contributed by atoms with van der Waals surface area (Å²) in [5, 5.41) is 14.7. The Labute approximate surface area is 201 Å². The Morgan fingerprint density at radius 1 is 1.09 bits per heavy atom. The van der Waals surface area contributed by atoms with E-state index in [2.05, 4.69) is 26.7 Å². The lowest BCUT2D eigenvalue weighted by atomic mass is 10.0. The molecule has 0 bridgehead atoms. The normalized spacial score (nSPS) is 24.7. The van der Waals surface area contributed by atoms with Gasteiger partial charge in [-0.1, -0.05) is 5.92 Å².